The van der Waals surface area contributed by atoms with E-state index >= 15 is 0 Å². The lowest BCUT2D eigenvalue weighted by Gasteiger charge is -1.95. The summed E-state index contributed by atoms with van der Waals surface area (Å²) in [5, 5.41) is 0.275. The summed E-state index contributed by atoms with van der Waals surface area (Å²) in [7, 11) is 0. The summed E-state index contributed by atoms with van der Waals surface area (Å²) in [5.74, 6) is 0. The Hall–Kier alpha value is -0.350. The number of aromatic nitrogens is 2. The van der Waals surface area contributed by atoms with Gasteiger partial charge in [0, 0.05) is 0 Å². The second-order valence-corrected chi connectivity index (χ2v) is 2.48. The van der Waals surface area contributed by atoms with Crippen LogP contribution in [0.2, 0.25) is 5.15 Å². The van der Waals surface area contributed by atoms with E-state index in [0.717, 1.165) is 0 Å². The first-order valence-electron chi connectivity index (χ1n) is 2.13. The average molecular weight is 208 g/mol. The predicted molar refractivity (Wildman–Crippen MR) is 39.2 cm³/mol. The smallest absolute Gasteiger partial charge is 0.156 e. The molecule has 0 aliphatic carbocycles. The lowest BCUT2D eigenvalue weighted by Crippen LogP contribution is -1.92. The second-order valence-electron chi connectivity index (χ2n) is 1.37. The molecule has 0 spiro atoms. The van der Waals surface area contributed by atoms with Crippen LogP contribution >= 0.6 is 27.5 Å². The summed E-state index contributed by atoms with van der Waals surface area (Å²) in [6, 6.07) is 0. The van der Waals surface area contributed by atoms with Crippen LogP contribution in [-0.4, -0.2) is 9.97 Å². The molecule has 0 aliphatic rings. The Labute approximate surface area is 65.4 Å². The highest BCUT2D eigenvalue weighted by atomic mass is 79.9. The number of hydrogen-bond donors (Lipinski definition) is 1. The average Bonchev–Trinajstić information content (AvgIpc) is 1.83. The van der Waals surface area contributed by atoms with E-state index in [2.05, 4.69) is 25.9 Å². The summed E-state index contributed by atoms with van der Waals surface area (Å²) < 4.78 is 0.530. The Morgan fingerprint density at radius 3 is 2.67 bits per heavy atom. The van der Waals surface area contributed by atoms with Gasteiger partial charge in [0.25, 0.3) is 0 Å². The number of nitrogen functional groups attached to an aromatic ring is 1. The van der Waals surface area contributed by atoms with Crippen molar-refractivity contribution in [3.05, 3.63) is 16.1 Å². The van der Waals surface area contributed by atoms with Crippen molar-refractivity contribution >= 4 is 33.2 Å². The topological polar surface area (TPSA) is 51.8 Å². The minimum atomic E-state index is 0.275. The zero-order valence-electron chi connectivity index (χ0n) is 4.31. The van der Waals surface area contributed by atoms with Gasteiger partial charge in [0.05, 0.1) is 0 Å². The van der Waals surface area contributed by atoms with Crippen LogP contribution in [0.25, 0.3) is 0 Å². The van der Waals surface area contributed by atoms with Crippen LogP contribution in [0.4, 0.5) is 5.69 Å². The van der Waals surface area contributed by atoms with E-state index in [9.17, 15) is 0 Å². The molecule has 0 atom stereocenters. The molecule has 1 aromatic heterocycles. The fourth-order valence-electron chi connectivity index (χ4n) is 0.354. The molecule has 0 fully saturated rings. The van der Waals surface area contributed by atoms with Crippen molar-refractivity contribution in [2.24, 2.45) is 0 Å². The maximum atomic E-state index is 5.51. The van der Waals surface area contributed by atoms with E-state index in [0.29, 0.717) is 10.3 Å². The monoisotopic (exact) mass is 207 g/mol. The van der Waals surface area contributed by atoms with Gasteiger partial charge in [-0.25, -0.2) is 9.97 Å². The molecule has 1 heterocycles. The van der Waals surface area contributed by atoms with Crippen molar-refractivity contribution in [2.75, 3.05) is 5.73 Å². The molecule has 0 radical (unpaired) electrons. The summed E-state index contributed by atoms with van der Waals surface area (Å²) in [5.41, 5.74) is 5.75. The van der Waals surface area contributed by atoms with Crippen molar-refractivity contribution in [3.63, 3.8) is 0 Å². The third-order valence-electron chi connectivity index (χ3n) is 0.787. The van der Waals surface area contributed by atoms with Gasteiger partial charge in [0.15, 0.2) is 5.15 Å². The zero-order chi connectivity index (χ0) is 6.85. The SMILES string of the molecule is Nc1c(Cl)ncnc1Br. The molecule has 0 unspecified atom stereocenters. The minimum absolute atomic E-state index is 0.275. The number of nitrogens with zero attached hydrogens (tertiary/aromatic N) is 2. The van der Waals surface area contributed by atoms with E-state index in [4.69, 9.17) is 17.3 Å². The van der Waals surface area contributed by atoms with Gasteiger partial charge in [-0.05, 0) is 15.9 Å². The van der Waals surface area contributed by atoms with E-state index in [1.807, 2.05) is 0 Å². The van der Waals surface area contributed by atoms with E-state index in [-0.39, 0.29) is 5.15 Å². The van der Waals surface area contributed by atoms with Crippen LogP contribution < -0.4 is 5.73 Å². The highest BCUT2D eigenvalue weighted by Gasteiger charge is 1.99. The molecule has 0 saturated heterocycles. The molecule has 0 aromatic carbocycles. The number of nitrogens with two attached hydrogens (primary N) is 1. The Balaban J connectivity index is 3.25. The van der Waals surface area contributed by atoms with Gasteiger partial charge in [0.1, 0.15) is 16.6 Å². The first-order valence-corrected chi connectivity index (χ1v) is 3.30. The normalized spacial score (nSPS) is 9.56. The Morgan fingerprint density at radius 1 is 1.56 bits per heavy atom. The first kappa shape index (κ1) is 6.77. The highest BCUT2D eigenvalue weighted by Crippen LogP contribution is 2.21. The third kappa shape index (κ3) is 1.31. The molecular weight excluding hydrogens is 205 g/mol. The molecule has 9 heavy (non-hydrogen) atoms. The summed E-state index contributed by atoms with van der Waals surface area (Å²) in [6.45, 7) is 0. The van der Waals surface area contributed by atoms with Crippen LogP contribution in [-0.2, 0) is 0 Å². The van der Waals surface area contributed by atoms with E-state index in [1.54, 1.807) is 0 Å². The van der Waals surface area contributed by atoms with Gasteiger partial charge < -0.3 is 5.73 Å². The van der Waals surface area contributed by atoms with Crippen LogP contribution in [0.1, 0.15) is 0 Å². The molecule has 0 saturated carbocycles. The number of halogens is 2. The van der Waals surface area contributed by atoms with Crippen molar-refractivity contribution in [3.8, 4) is 0 Å². The Bertz CT molecular complexity index is 207. The maximum Gasteiger partial charge on any atom is 0.156 e. The zero-order valence-corrected chi connectivity index (χ0v) is 6.65. The molecule has 1 rings (SSSR count). The standard InChI is InChI=1S/C4H3BrClN3/c5-3-2(7)4(6)9-1-8-3/h1H,7H2. The van der Waals surface area contributed by atoms with Gasteiger partial charge in [-0.15, -0.1) is 0 Å². The van der Waals surface area contributed by atoms with E-state index in [1.165, 1.54) is 6.33 Å². The van der Waals surface area contributed by atoms with E-state index < -0.39 is 0 Å². The molecule has 48 valence electrons. The van der Waals surface area contributed by atoms with Crippen molar-refractivity contribution < 1.29 is 0 Å². The molecule has 2 N–H and O–H groups in total. The number of anilines is 1. The van der Waals surface area contributed by atoms with Gasteiger partial charge in [-0.1, -0.05) is 11.6 Å². The number of rotatable bonds is 0. The summed E-state index contributed by atoms with van der Waals surface area (Å²) in [4.78, 5) is 7.37. The lowest BCUT2D eigenvalue weighted by molar-refractivity contribution is 1.14. The summed E-state index contributed by atoms with van der Waals surface area (Å²) >= 11 is 8.59. The Kier molecular flexibility index (Phi) is 1.87. The maximum absolute atomic E-state index is 5.51. The summed E-state index contributed by atoms with van der Waals surface area (Å²) in [6.07, 6.45) is 1.34. The highest BCUT2D eigenvalue weighted by molar-refractivity contribution is 9.10. The van der Waals surface area contributed by atoms with Crippen molar-refractivity contribution in [1.82, 2.24) is 9.97 Å². The van der Waals surface area contributed by atoms with Crippen molar-refractivity contribution in [2.45, 2.75) is 0 Å². The quantitative estimate of drug-likeness (QED) is 0.657. The minimum Gasteiger partial charge on any atom is -0.394 e. The molecular formula is C4H3BrClN3. The molecule has 3 nitrogen and oxygen atoms in total. The predicted octanol–water partition coefficient (Wildman–Crippen LogP) is 1.47. The fourth-order valence-corrected chi connectivity index (χ4v) is 0.881. The van der Waals surface area contributed by atoms with Crippen molar-refractivity contribution in [1.29, 1.82) is 0 Å². The van der Waals surface area contributed by atoms with Crippen LogP contribution in [0, 0.1) is 0 Å². The second kappa shape index (κ2) is 2.49. The van der Waals surface area contributed by atoms with Gasteiger partial charge >= 0.3 is 0 Å². The van der Waals surface area contributed by atoms with Gasteiger partial charge in [-0.3, -0.25) is 0 Å². The Morgan fingerprint density at radius 2 is 2.22 bits per heavy atom. The van der Waals surface area contributed by atoms with Crippen LogP contribution in [0.5, 0.6) is 0 Å². The number of hydrogen-bond acceptors (Lipinski definition) is 3. The van der Waals surface area contributed by atoms with Gasteiger partial charge in [0.2, 0.25) is 0 Å². The fraction of sp³-hybridized carbons (Fsp3) is 0. The van der Waals surface area contributed by atoms with Crippen LogP contribution in [0.15, 0.2) is 10.9 Å². The molecule has 5 heteroatoms. The molecule has 0 aliphatic heterocycles. The van der Waals surface area contributed by atoms with Crippen LogP contribution in [0.3, 0.4) is 0 Å². The lowest BCUT2D eigenvalue weighted by atomic mass is 10.6. The van der Waals surface area contributed by atoms with Gasteiger partial charge in [-0.2, -0.15) is 0 Å². The molecule has 1 aromatic rings. The third-order valence-corrected chi connectivity index (χ3v) is 1.72. The largest absolute Gasteiger partial charge is 0.394 e. The first-order chi connectivity index (χ1) is 4.22. The molecule has 0 amide bonds. The molecule has 0 bridgehead atoms.